The van der Waals surface area contributed by atoms with E-state index in [1.807, 2.05) is 37.7 Å². The van der Waals surface area contributed by atoms with Crippen LogP contribution in [-0.2, 0) is 18.3 Å². The van der Waals surface area contributed by atoms with Crippen molar-refractivity contribution in [1.29, 1.82) is 0 Å². The van der Waals surface area contributed by atoms with Crippen LogP contribution >= 0.6 is 11.3 Å². The number of nitrogens with one attached hydrogen (secondary N) is 1. The lowest BCUT2D eigenvalue weighted by Gasteiger charge is -2.10. The normalized spacial score (nSPS) is 12.1. The Balaban J connectivity index is 1.55. The number of pyridine rings is 1. The van der Waals surface area contributed by atoms with Gasteiger partial charge < -0.3 is 5.32 Å². The van der Waals surface area contributed by atoms with Crippen molar-refractivity contribution < 1.29 is 4.79 Å². The lowest BCUT2D eigenvalue weighted by molar-refractivity contribution is -0.121. The Morgan fingerprint density at radius 2 is 2.17 bits per heavy atom. The van der Waals surface area contributed by atoms with Crippen LogP contribution in [0.2, 0.25) is 0 Å². The van der Waals surface area contributed by atoms with Gasteiger partial charge in [-0.25, -0.2) is 4.98 Å². The molecule has 0 unspecified atom stereocenters. The number of thiazole rings is 1. The smallest absolute Gasteiger partial charge is 0.220 e. The highest BCUT2D eigenvalue weighted by atomic mass is 32.1. The van der Waals surface area contributed by atoms with Gasteiger partial charge in [0.15, 0.2) is 0 Å². The van der Waals surface area contributed by atoms with Crippen LogP contribution in [0.25, 0.3) is 11.3 Å². The quantitative estimate of drug-likeness (QED) is 0.748. The van der Waals surface area contributed by atoms with Gasteiger partial charge in [-0.3, -0.25) is 14.5 Å². The molecule has 0 saturated carbocycles. The standard InChI is InChI=1S/C17H19N5OS/c1-12(20-16(23)4-3-13-9-19-22(2)10-13)17-21-15(11-24-17)14-5-7-18-8-6-14/h5-12H,3-4H2,1-2H3,(H,20,23)/t12-/m0/s1. The summed E-state index contributed by atoms with van der Waals surface area (Å²) in [7, 11) is 1.87. The summed E-state index contributed by atoms with van der Waals surface area (Å²) < 4.78 is 1.74. The third kappa shape index (κ3) is 4.05. The summed E-state index contributed by atoms with van der Waals surface area (Å²) in [5, 5.41) is 10.0. The summed E-state index contributed by atoms with van der Waals surface area (Å²) in [6.07, 6.45) is 8.35. The predicted molar refractivity (Wildman–Crippen MR) is 93.4 cm³/mol. The Hall–Kier alpha value is -2.54. The van der Waals surface area contributed by atoms with Crippen LogP contribution in [0.1, 0.15) is 30.0 Å². The Bertz CT molecular complexity index is 811. The molecule has 0 spiro atoms. The first-order valence-electron chi connectivity index (χ1n) is 7.74. The number of carbonyl (C=O) groups is 1. The second kappa shape index (κ2) is 7.35. The number of rotatable bonds is 6. The average molecular weight is 341 g/mol. The van der Waals surface area contributed by atoms with Crippen LogP contribution in [0.15, 0.2) is 42.3 Å². The topological polar surface area (TPSA) is 72.7 Å². The van der Waals surface area contributed by atoms with Gasteiger partial charge in [0, 0.05) is 43.0 Å². The number of aromatic nitrogens is 4. The summed E-state index contributed by atoms with van der Waals surface area (Å²) in [5.41, 5.74) is 3.01. The first kappa shape index (κ1) is 16.3. The first-order chi connectivity index (χ1) is 11.6. The van der Waals surface area contributed by atoms with Crippen molar-refractivity contribution in [3.8, 4) is 11.3 Å². The fourth-order valence-electron chi connectivity index (χ4n) is 2.38. The number of carbonyl (C=O) groups excluding carboxylic acids is 1. The van der Waals surface area contributed by atoms with Crippen molar-refractivity contribution >= 4 is 17.2 Å². The Morgan fingerprint density at radius 3 is 2.88 bits per heavy atom. The maximum atomic E-state index is 12.1. The Kier molecular flexibility index (Phi) is 5.00. The molecule has 7 heteroatoms. The molecule has 0 aliphatic carbocycles. The summed E-state index contributed by atoms with van der Waals surface area (Å²) in [6, 6.07) is 3.75. The van der Waals surface area contributed by atoms with Crippen LogP contribution in [-0.4, -0.2) is 25.7 Å². The molecule has 3 aromatic heterocycles. The molecule has 0 aromatic carbocycles. The van der Waals surface area contributed by atoms with Gasteiger partial charge in [-0.15, -0.1) is 11.3 Å². The maximum Gasteiger partial charge on any atom is 0.220 e. The minimum Gasteiger partial charge on any atom is -0.347 e. The van der Waals surface area contributed by atoms with Gasteiger partial charge in [0.25, 0.3) is 0 Å². The van der Waals surface area contributed by atoms with Gasteiger partial charge in [-0.1, -0.05) is 0 Å². The molecular formula is C17H19N5OS. The summed E-state index contributed by atoms with van der Waals surface area (Å²) >= 11 is 1.55. The SMILES string of the molecule is C[C@H](NC(=O)CCc1cnn(C)c1)c1nc(-c2ccncc2)cs1. The summed E-state index contributed by atoms with van der Waals surface area (Å²) in [6.45, 7) is 1.96. The molecule has 124 valence electrons. The van der Waals surface area contributed by atoms with E-state index in [0.717, 1.165) is 21.8 Å². The number of nitrogens with zero attached hydrogens (tertiary/aromatic N) is 4. The molecule has 3 heterocycles. The van der Waals surface area contributed by atoms with E-state index in [4.69, 9.17) is 0 Å². The molecule has 3 aromatic rings. The van der Waals surface area contributed by atoms with Crippen molar-refractivity contribution in [1.82, 2.24) is 25.1 Å². The van der Waals surface area contributed by atoms with Crippen LogP contribution < -0.4 is 5.32 Å². The van der Waals surface area contributed by atoms with Crippen molar-refractivity contribution in [2.45, 2.75) is 25.8 Å². The van der Waals surface area contributed by atoms with Crippen molar-refractivity contribution in [3.63, 3.8) is 0 Å². The lowest BCUT2D eigenvalue weighted by Crippen LogP contribution is -2.26. The maximum absolute atomic E-state index is 12.1. The third-order valence-electron chi connectivity index (χ3n) is 3.65. The molecule has 0 bridgehead atoms. The van der Waals surface area contributed by atoms with Crippen LogP contribution in [0, 0.1) is 0 Å². The van der Waals surface area contributed by atoms with Crippen molar-refractivity contribution in [2.75, 3.05) is 0 Å². The molecule has 1 amide bonds. The number of amides is 1. The second-order valence-corrected chi connectivity index (χ2v) is 6.51. The highest BCUT2D eigenvalue weighted by molar-refractivity contribution is 7.10. The van der Waals surface area contributed by atoms with Gasteiger partial charge in [-0.05, 0) is 31.0 Å². The van der Waals surface area contributed by atoms with E-state index in [9.17, 15) is 4.79 Å². The van der Waals surface area contributed by atoms with Crippen molar-refractivity contribution in [3.05, 3.63) is 52.9 Å². The number of aryl methyl sites for hydroxylation is 2. The van der Waals surface area contributed by atoms with Gasteiger partial charge in [0.2, 0.25) is 5.91 Å². The monoisotopic (exact) mass is 341 g/mol. The molecule has 0 aliphatic heterocycles. The number of hydrogen-bond donors (Lipinski definition) is 1. The highest BCUT2D eigenvalue weighted by Gasteiger charge is 2.14. The molecule has 3 rings (SSSR count). The predicted octanol–water partition coefficient (Wildman–Crippen LogP) is 2.75. The third-order valence-corrected chi connectivity index (χ3v) is 4.67. The molecular weight excluding hydrogens is 322 g/mol. The molecule has 1 atom stereocenters. The fourth-order valence-corrected chi connectivity index (χ4v) is 3.21. The Labute approximate surface area is 144 Å². The minimum absolute atomic E-state index is 0.0204. The number of hydrogen-bond acceptors (Lipinski definition) is 5. The molecule has 1 N–H and O–H groups in total. The molecule has 0 radical (unpaired) electrons. The molecule has 6 nitrogen and oxygen atoms in total. The minimum atomic E-state index is -0.105. The lowest BCUT2D eigenvalue weighted by atomic mass is 10.2. The first-order valence-corrected chi connectivity index (χ1v) is 8.62. The highest BCUT2D eigenvalue weighted by Crippen LogP contribution is 2.25. The van der Waals surface area contributed by atoms with E-state index in [0.29, 0.717) is 12.8 Å². The molecule has 0 saturated heterocycles. The second-order valence-electron chi connectivity index (χ2n) is 5.62. The summed E-state index contributed by atoms with van der Waals surface area (Å²) in [4.78, 5) is 20.7. The van der Waals surface area contributed by atoms with E-state index in [-0.39, 0.29) is 11.9 Å². The van der Waals surface area contributed by atoms with Crippen LogP contribution in [0.3, 0.4) is 0 Å². The van der Waals surface area contributed by atoms with Crippen LogP contribution in [0.5, 0.6) is 0 Å². The molecule has 24 heavy (non-hydrogen) atoms. The van der Waals surface area contributed by atoms with E-state index >= 15 is 0 Å². The van der Waals surface area contributed by atoms with Gasteiger partial charge in [0.05, 0.1) is 17.9 Å². The van der Waals surface area contributed by atoms with Gasteiger partial charge >= 0.3 is 0 Å². The fraction of sp³-hybridized carbons (Fsp3) is 0.294. The zero-order valence-electron chi connectivity index (χ0n) is 13.6. The van der Waals surface area contributed by atoms with Crippen LogP contribution in [0.4, 0.5) is 0 Å². The van der Waals surface area contributed by atoms with E-state index in [2.05, 4.69) is 20.4 Å². The summed E-state index contributed by atoms with van der Waals surface area (Å²) in [5.74, 6) is 0.0204. The largest absolute Gasteiger partial charge is 0.347 e. The Morgan fingerprint density at radius 1 is 1.38 bits per heavy atom. The van der Waals surface area contributed by atoms with Crippen molar-refractivity contribution in [2.24, 2.45) is 7.05 Å². The van der Waals surface area contributed by atoms with Gasteiger partial charge in [-0.2, -0.15) is 5.10 Å². The van der Waals surface area contributed by atoms with E-state index < -0.39 is 0 Å². The zero-order chi connectivity index (χ0) is 16.9. The average Bonchev–Trinajstić information content (AvgIpc) is 3.23. The van der Waals surface area contributed by atoms with E-state index in [1.54, 1.807) is 34.6 Å². The zero-order valence-corrected chi connectivity index (χ0v) is 14.5. The van der Waals surface area contributed by atoms with Gasteiger partial charge in [0.1, 0.15) is 5.01 Å². The molecule has 0 aliphatic rings. The van der Waals surface area contributed by atoms with E-state index in [1.165, 1.54) is 0 Å². The molecule has 0 fully saturated rings.